The van der Waals surface area contributed by atoms with Crippen LogP contribution in [0, 0.1) is 12.8 Å². The van der Waals surface area contributed by atoms with Gasteiger partial charge in [-0.1, -0.05) is 18.6 Å². The summed E-state index contributed by atoms with van der Waals surface area (Å²) in [4.78, 5) is 12.5. The molecule has 0 spiro atoms. The number of nitrogens with one attached hydrogen (secondary N) is 3. The molecule has 29 heavy (non-hydrogen) atoms. The normalized spacial score (nSPS) is 17.3. The monoisotopic (exact) mass is 402 g/mol. The lowest BCUT2D eigenvalue weighted by molar-refractivity contribution is -0.117. The third-order valence-electron chi connectivity index (χ3n) is 4.96. The molecule has 7 heteroatoms. The zero-order valence-electron chi connectivity index (χ0n) is 17.8. The Hall–Kier alpha value is -2.96. The van der Waals surface area contributed by atoms with E-state index in [0.29, 0.717) is 46.9 Å². The van der Waals surface area contributed by atoms with Crippen LogP contribution in [0.2, 0.25) is 0 Å². The molecule has 1 amide bonds. The van der Waals surface area contributed by atoms with Crippen LogP contribution in [0.15, 0.2) is 47.2 Å². The quantitative estimate of drug-likeness (QED) is 0.502. The van der Waals surface area contributed by atoms with E-state index < -0.39 is 0 Å². The molecule has 1 aromatic carbocycles. The summed E-state index contributed by atoms with van der Waals surface area (Å²) in [7, 11) is 4.94. The number of methoxy groups -OCH3 is 1. The summed E-state index contributed by atoms with van der Waals surface area (Å²) in [5.74, 6) is -0.426. The second-order valence-corrected chi connectivity index (χ2v) is 6.92. The fourth-order valence-corrected chi connectivity index (χ4v) is 3.51. The average Bonchev–Trinajstić information content (AvgIpc) is 2.72. The minimum absolute atomic E-state index is 0.271. The molecule has 6 nitrogen and oxygen atoms in total. The second-order valence-electron chi connectivity index (χ2n) is 6.92. The third kappa shape index (κ3) is 4.72. The number of rotatable bonds is 8. The van der Waals surface area contributed by atoms with Gasteiger partial charge in [0, 0.05) is 49.1 Å². The first kappa shape index (κ1) is 22.3. The first-order chi connectivity index (χ1) is 13.9. The van der Waals surface area contributed by atoms with Gasteiger partial charge in [0.1, 0.15) is 17.3 Å². The van der Waals surface area contributed by atoms with Gasteiger partial charge in [0.15, 0.2) is 0 Å². The van der Waals surface area contributed by atoms with E-state index in [4.69, 9.17) is 10.5 Å². The Labute approximate surface area is 172 Å². The van der Waals surface area contributed by atoms with Crippen molar-refractivity contribution in [1.82, 2.24) is 16.0 Å². The van der Waals surface area contributed by atoms with E-state index in [9.17, 15) is 4.79 Å². The van der Waals surface area contributed by atoms with Crippen LogP contribution < -0.4 is 26.4 Å². The van der Waals surface area contributed by atoms with E-state index in [0.717, 1.165) is 12.0 Å². The number of hydrogen-bond donors (Lipinski definition) is 4. The van der Waals surface area contributed by atoms with Crippen LogP contribution in [0.1, 0.15) is 30.9 Å². The van der Waals surface area contributed by atoms with E-state index in [-0.39, 0.29) is 17.7 Å². The first-order valence-electron chi connectivity index (χ1n) is 9.78. The van der Waals surface area contributed by atoms with Crippen LogP contribution in [0.25, 0.3) is 5.57 Å². The number of ether oxygens (including phenoxy) is 1. The number of benzene rings is 1. The van der Waals surface area contributed by atoms with Gasteiger partial charge in [-0.15, -0.1) is 0 Å². The highest BCUT2D eigenvalue weighted by molar-refractivity contribution is 5.94. The summed E-state index contributed by atoms with van der Waals surface area (Å²) in [5.41, 5.74) is 9.72. The van der Waals surface area contributed by atoms with E-state index in [1.165, 1.54) is 6.08 Å². The highest BCUT2D eigenvalue weighted by Gasteiger charge is 2.31. The molecular formula is C22H31FN4O2. The van der Waals surface area contributed by atoms with E-state index in [1.54, 1.807) is 21.2 Å². The number of carbonyl (C=O) groups excluding carboxylic acids is 1. The molecular weight excluding hydrogens is 371 g/mol. The molecule has 2 rings (SSSR count). The maximum atomic E-state index is 15.0. The minimum Gasteiger partial charge on any atom is -0.496 e. The van der Waals surface area contributed by atoms with Gasteiger partial charge in [-0.25, -0.2) is 4.39 Å². The molecule has 0 saturated carbocycles. The Bertz CT molecular complexity index is 858. The van der Waals surface area contributed by atoms with E-state index in [2.05, 4.69) is 16.0 Å². The van der Waals surface area contributed by atoms with Crippen molar-refractivity contribution in [3.8, 4) is 5.75 Å². The molecule has 0 radical (unpaired) electrons. The number of allylic oxidation sites excluding steroid dienone is 3. The Morgan fingerprint density at radius 1 is 1.34 bits per heavy atom. The summed E-state index contributed by atoms with van der Waals surface area (Å²) in [5, 5.41) is 8.85. The summed E-state index contributed by atoms with van der Waals surface area (Å²) in [6.45, 7) is 4.47. The molecule has 0 saturated heterocycles. The molecule has 158 valence electrons. The maximum absolute atomic E-state index is 15.0. The Kier molecular flexibility index (Phi) is 7.70. The highest BCUT2D eigenvalue weighted by Crippen LogP contribution is 2.41. The molecule has 0 aliphatic heterocycles. The van der Waals surface area contributed by atoms with Crippen molar-refractivity contribution in [1.29, 1.82) is 0 Å². The van der Waals surface area contributed by atoms with Crippen molar-refractivity contribution in [2.75, 3.05) is 27.7 Å². The third-order valence-corrected chi connectivity index (χ3v) is 4.96. The van der Waals surface area contributed by atoms with E-state index in [1.807, 2.05) is 32.0 Å². The lowest BCUT2D eigenvalue weighted by Gasteiger charge is -2.29. The van der Waals surface area contributed by atoms with Crippen LogP contribution >= 0.6 is 0 Å². The SMILES string of the molecule is CCCNC(=O)/C(NC)=C(\N)C1CC=C(F)C(c2cc(C)ccc2OC)=C1NC. The molecule has 1 aliphatic carbocycles. The number of halogens is 1. The van der Waals surface area contributed by atoms with Crippen LogP contribution in [-0.2, 0) is 4.79 Å². The molecule has 0 aromatic heterocycles. The molecule has 0 heterocycles. The Morgan fingerprint density at radius 2 is 2.07 bits per heavy atom. The second kappa shape index (κ2) is 10.0. The Balaban J connectivity index is 2.62. The minimum atomic E-state index is -0.380. The van der Waals surface area contributed by atoms with Gasteiger partial charge in [0.25, 0.3) is 5.91 Å². The van der Waals surface area contributed by atoms with Gasteiger partial charge in [-0.3, -0.25) is 4.79 Å². The highest BCUT2D eigenvalue weighted by atomic mass is 19.1. The number of likely N-dealkylation sites (N-methyl/N-ethyl adjacent to an activating group) is 1. The number of nitrogens with two attached hydrogens (primary N) is 1. The molecule has 0 bridgehead atoms. The van der Waals surface area contributed by atoms with Crippen molar-refractivity contribution < 1.29 is 13.9 Å². The summed E-state index contributed by atoms with van der Waals surface area (Å²) >= 11 is 0. The molecule has 1 aromatic rings. The van der Waals surface area contributed by atoms with Gasteiger partial charge < -0.3 is 26.4 Å². The number of amides is 1. The van der Waals surface area contributed by atoms with Gasteiger partial charge >= 0.3 is 0 Å². The van der Waals surface area contributed by atoms with Crippen LogP contribution in [0.3, 0.4) is 0 Å². The van der Waals surface area contributed by atoms with Crippen LogP contribution in [0.5, 0.6) is 5.75 Å². The van der Waals surface area contributed by atoms with Gasteiger partial charge in [-0.05, 0) is 38.0 Å². The number of hydrogen-bond acceptors (Lipinski definition) is 5. The van der Waals surface area contributed by atoms with Crippen molar-refractivity contribution in [3.05, 3.63) is 58.3 Å². The van der Waals surface area contributed by atoms with Crippen molar-refractivity contribution in [2.24, 2.45) is 11.7 Å². The molecule has 1 aliphatic rings. The molecule has 5 N–H and O–H groups in total. The summed E-state index contributed by atoms with van der Waals surface area (Å²) in [6.07, 6.45) is 2.67. The van der Waals surface area contributed by atoms with Crippen LogP contribution in [0.4, 0.5) is 4.39 Å². The fourth-order valence-electron chi connectivity index (χ4n) is 3.51. The van der Waals surface area contributed by atoms with Crippen LogP contribution in [-0.4, -0.2) is 33.7 Å². The van der Waals surface area contributed by atoms with E-state index >= 15 is 4.39 Å². The van der Waals surface area contributed by atoms with Gasteiger partial charge in [0.2, 0.25) is 0 Å². The Morgan fingerprint density at radius 3 is 2.66 bits per heavy atom. The predicted octanol–water partition coefficient (Wildman–Crippen LogP) is 2.72. The topological polar surface area (TPSA) is 88.4 Å². The largest absolute Gasteiger partial charge is 0.496 e. The smallest absolute Gasteiger partial charge is 0.269 e. The molecule has 1 unspecified atom stereocenters. The van der Waals surface area contributed by atoms with Gasteiger partial charge in [0.05, 0.1) is 7.11 Å². The van der Waals surface area contributed by atoms with Crippen molar-refractivity contribution >= 4 is 11.5 Å². The number of aryl methyl sites for hydroxylation is 1. The zero-order valence-corrected chi connectivity index (χ0v) is 17.8. The fraction of sp³-hybridized carbons (Fsp3) is 0.409. The lowest BCUT2D eigenvalue weighted by Crippen LogP contribution is -2.36. The van der Waals surface area contributed by atoms with Crippen molar-refractivity contribution in [3.63, 3.8) is 0 Å². The predicted molar refractivity (Wildman–Crippen MR) is 115 cm³/mol. The maximum Gasteiger partial charge on any atom is 0.269 e. The van der Waals surface area contributed by atoms with Crippen molar-refractivity contribution in [2.45, 2.75) is 26.7 Å². The average molecular weight is 403 g/mol. The lowest BCUT2D eigenvalue weighted by atomic mass is 9.84. The molecule has 1 atom stereocenters. The summed E-state index contributed by atoms with van der Waals surface area (Å²) < 4.78 is 20.5. The van der Waals surface area contributed by atoms with Gasteiger partial charge in [-0.2, -0.15) is 0 Å². The first-order valence-corrected chi connectivity index (χ1v) is 9.78. The summed E-state index contributed by atoms with van der Waals surface area (Å²) in [6, 6.07) is 5.61. The number of carbonyl (C=O) groups is 1. The molecule has 0 fully saturated rings. The zero-order chi connectivity index (χ0) is 21.6. The standard InChI is InChI=1S/C22H31FN4O2/c1-6-11-27-22(28)21(26-4)19(24)14-8-9-16(23)18(20(14)25-3)15-12-13(2)7-10-17(15)29-5/h7,9-10,12,14,25-26H,6,8,11,24H2,1-5H3,(H,27,28)/b21-19+.